The van der Waals surface area contributed by atoms with Crippen LogP contribution in [0.5, 0.6) is 0 Å². The average molecular weight is 221 g/mol. The third-order valence-corrected chi connectivity index (χ3v) is 2.75. The largest absolute Gasteiger partial charge is 0.389 e. The van der Waals surface area contributed by atoms with Crippen molar-refractivity contribution < 1.29 is 9.84 Å². The monoisotopic (exact) mass is 221 g/mol. The molecule has 4 heteroatoms. The molecule has 0 spiro atoms. The Morgan fingerprint density at radius 1 is 1.50 bits per heavy atom. The summed E-state index contributed by atoms with van der Waals surface area (Å²) in [5.74, 6) is 1.17. The normalized spacial score (nSPS) is 15.4. The van der Waals surface area contributed by atoms with Crippen LogP contribution in [0.3, 0.4) is 0 Å². The quantitative estimate of drug-likeness (QED) is 0.573. The van der Waals surface area contributed by atoms with E-state index < -0.39 is 5.60 Å². The summed E-state index contributed by atoms with van der Waals surface area (Å²) in [6, 6.07) is 0. The van der Waals surface area contributed by atoms with Gasteiger partial charge in [0.15, 0.2) is 0 Å². The minimum Gasteiger partial charge on any atom is -0.389 e. The van der Waals surface area contributed by atoms with Crippen LogP contribution in [-0.2, 0) is 4.74 Å². The van der Waals surface area contributed by atoms with Crippen molar-refractivity contribution in [3.8, 4) is 0 Å². The topological polar surface area (TPSA) is 41.5 Å². The summed E-state index contributed by atoms with van der Waals surface area (Å²) >= 11 is 1.85. The van der Waals surface area contributed by atoms with Crippen molar-refractivity contribution in [1.82, 2.24) is 5.32 Å². The molecule has 0 bridgehead atoms. The van der Waals surface area contributed by atoms with Crippen molar-refractivity contribution in [2.24, 2.45) is 0 Å². The van der Waals surface area contributed by atoms with Crippen molar-refractivity contribution in [1.29, 1.82) is 0 Å². The second kappa shape index (κ2) is 8.53. The van der Waals surface area contributed by atoms with Gasteiger partial charge in [-0.25, -0.2) is 0 Å². The molecule has 0 aromatic carbocycles. The minimum atomic E-state index is -0.643. The van der Waals surface area contributed by atoms with Crippen LogP contribution in [0.15, 0.2) is 0 Å². The van der Waals surface area contributed by atoms with Crippen LogP contribution in [0.25, 0.3) is 0 Å². The molecule has 86 valence electrons. The Morgan fingerprint density at radius 3 is 2.79 bits per heavy atom. The zero-order chi connectivity index (χ0) is 10.9. The summed E-state index contributed by atoms with van der Waals surface area (Å²) in [6.45, 7) is 4.07. The van der Waals surface area contributed by atoms with E-state index in [4.69, 9.17) is 4.74 Å². The number of hydrogen-bond acceptors (Lipinski definition) is 4. The van der Waals surface area contributed by atoms with Crippen LogP contribution >= 0.6 is 11.8 Å². The van der Waals surface area contributed by atoms with Gasteiger partial charge >= 0.3 is 0 Å². The fourth-order valence-electron chi connectivity index (χ4n) is 1.11. The Hall–Kier alpha value is 0.230. The van der Waals surface area contributed by atoms with E-state index >= 15 is 0 Å². The van der Waals surface area contributed by atoms with Gasteiger partial charge in [0, 0.05) is 26.7 Å². The van der Waals surface area contributed by atoms with Gasteiger partial charge in [0.25, 0.3) is 0 Å². The van der Waals surface area contributed by atoms with Gasteiger partial charge in [0.05, 0.1) is 5.60 Å². The Balaban J connectivity index is 3.35. The van der Waals surface area contributed by atoms with E-state index in [1.807, 2.05) is 18.7 Å². The van der Waals surface area contributed by atoms with E-state index in [9.17, 15) is 5.11 Å². The molecule has 0 saturated carbocycles. The fraction of sp³-hybridized carbons (Fsp3) is 1.00. The summed E-state index contributed by atoms with van der Waals surface area (Å²) < 4.78 is 4.93. The van der Waals surface area contributed by atoms with Crippen molar-refractivity contribution in [3.05, 3.63) is 0 Å². The Labute approximate surface area is 91.6 Å². The first-order valence-electron chi connectivity index (χ1n) is 5.03. The second-order valence-corrected chi connectivity index (χ2v) is 4.75. The molecule has 0 amide bonds. The average Bonchev–Trinajstić information content (AvgIpc) is 2.15. The van der Waals surface area contributed by atoms with E-state index in [0.717, 1.165) is 13.0 Å². The van der Waals surface area contributed by atoms with Gasteiger partial charge in [-0.2, -0.15) is 11.8 Å². The summed E-state index contributed by atoms with van der Waals surface area (Å²) in [5, 5.41) is 13.1. The summed E-state index contributed by atoms with van der Waals surface area (Å²) in [7, 11) is 1.65. The summed E-state index contributed by atoms with van der Waals surface area (Å²) in [4.78, 5) is 0. The van der Waals surface area contributed by atoms with Crippen LogP contribution in [-0.4, -0.2) is 49.5 Å². The number of aliphatic hydroxyl groups is 1. The third-order valence-electron chi connectivity index (χ3n) is 2.05. The van der Waals surface area contributed by atoms with Crippen LogP contribution in [0.4, 0.5) is 0 Å². The van der Waals surface area contributed by atoms with Gasteiger partial charge < -0.3 is 15.2 Å². The molecule has 0 heterocycles. The Kier molecular flexibility index (Phi) is 8.67. The molecule has 0 aliphatic rings. The third kappa shape index (κ3) is 8.81. The molecule has 0 rings (SSSR count). The number of thioether (sulfide) groups is 1. The number of nitrogens with one attached hydrogen (secondary N) is 1. The van der Waals surface area contributed by atoms with Gasteiger partial charge in [-0.1, -0.05) is 0 Å². The van der Waals surface area contributed by atoms with E-state index in [0.29, 0.717) is 19.6 Å². The van der Waals surface area contributed by atoms with Crippen molar-refractivity contribution in [3.63, 3.8) is 0 Å². The van der Waals surface area contributed by atoms with Gasteiger partial charge in [0.2, 0.25) is 0 Å². The maximum Gasteiger partial charge on any atom is 0.0765 e. The molecular weight excluding hydrogens is 198 g/mol. The summed E-state index contributed by atoms with van der Waals surface area (Å²) in [6.07, 6.45) is 3.94. The van der Waals surface area contributed by atoms with Gasteiger partial charge in [-0.3, -0.25) is 0 Å². The van der Waals surface area contributed by atoms with E-state index in [1.54, 1.807) is 7.11 Å². The molecule has 2 N–H and O–H groups in total. The highest BCUT2D eigenvalue weighted by atomic mass is 32.2. The van der Waals surface area contributed by atoms with Crippen molar-refractivity contribution in [2.45, 2.75) is 25.4 Å². The maximum atomic E-state index is 9.85. The lowest BCUT2D eigenvalue weighted by Crippen LogP contribution is -2.39. The molecule has 0 radical (unpaired) electrons. The molecule has 0 aromatic rings. The molecule has 1 unspecified atom stereocenters. The van der Waals surface area contributed by atoms with Gasteiger partial charge in [0.1, 0.15) is 0 Å². The van der Waals surface area contributed by atoms with Crippen LogP contribution in [0, 0.1) is 0 Å². The molecule has 0 aliphatic heterocycles. The predicted octanol–water partition coefficient (Wildman–Crippen LogP) is 1.12. The van der Waals surface area contributed by atoms with Crippen molar-refractivity contribution >= 4 is 11.8 Å². The van der Waals surface area contributed by atoms with Gasteiger partial charge in [-0.15, -0.1) is 0 Å². The van der Waals surface area contributed by atoms with Crippen LogP contribution < -0.4 is 5.32 Å². The standard InChI is InChI=1S/C10H23NO2S/c1-10(12,5-7-13-2)9-11-6-4-8-14-3/h11-12H,4-9H2,1-3H3. The first kappa shape index (κ1) is 14.2. The smallest absolute Gasteiger partial charge is 0.0765 e. The first-order valence-corrected chi connectivity index (χ1v) is 6.43. The minimum absolute atomic E-state index is 0.611. The molecule has 0 aliphatic carbocycles. The Bertz CT molecular complexity index is 131. The molecule has 0 fully saturated rings. The molecule has 0 aromatic heterocycles. The molecule has 14 heavy (non-hydrogen) atoms. The number of rotatable bonds is 9. The second-order valence-electron chi connectivity index (χ2n) is 3.76. The lowest BCUT2D eigenvalue weighted by atomic mass is 10.0. The van der Waals surface area contributed by atoms with E-state index in [2.05, 4.69) is 11.6 Å². The van der Waals surface area contributed by atoms with Crippen LogP contribution in [0.2, 0.25) is 0 Å². The van der Waals surface area contributed by atoms with Crippen molar-refractivity contribution in [2.75, 3.05) is 38.8 Å². The highest BCUT2D eigenvalue weighted by Crippen LogP contribution is 2.07. The Morgan fingerprint density at radius 2 is 2.21 bits per heavy atom. The molecule has 1 atom stereocenters. The highest BCUT2D eigenvalue weighted by molar-refractivity contribution is 7.98. The maximum absolute atomic E-state index is 9.85. The van der Waals surface area contributed by atoms with Gasteiger partial charge in [-0.05, 0) is 31.9 Å². The molecule has 3 nitrogen and oxygen atoms in total. The zero-order valence-electron chi connectivity index (χ0n) is 9.51. The SMILES string of the molecule is COCCC(C)(O)CNCCCSC. The van der Waals surface area contributed by atoms with E-state index in [-0.39, 0.29) is 0 Å². The summed E-state index contributed by atoms with van der Waals surface area (Å²) in [5.41, 5.74) is -0.643. The number of ether oxygens (including phenoxy) is 1. The van der Waals surface area contributed by atoms with Crippen LogP contribution in [0.1, 0.15) is 19.8 Å². The zero-order valence-corrected chi connectivity index (χ0v) is 10.3. The van der Waals surface area contributed by atoms with E-state index in [1.165, 1.54) is 5.75 Å². The number of hydrogen-bond donors (Lipinski definition) is 2. The fourth-order valence-corrected chi connectivity index (χ4v) is 1.54. The highest BCUT2D eigenvalue weighted by Gasteiger charge is 2.18. The predicted molar refractivity (Wildman–Crippen MR) is 63.0 cm³/mol. The lowest BCUT2D eigenvalue weighted by molar-refractivity contribution is 0.0252. The molecular formula is C10H23NO2S. The first-order chi connectivity index (χ1) is 6.62. The molecule has 0 saturated heterocycles. The lowest BCUT2D eigenvalue weighted by Gasteiger charge is -2.23. The number of methoxy groups -OCH3 is 1.